The molecule has 0 aliphatic heterocycles. The van der Waals surface area contributed by atoms with E-state index in [9.17, 15) is 9.59 Å². The average molecular weight is 263 g/mol. The van der Waals surface area contributed by atoms with Crippen molar-refractivity contribution in [2.75, 3.05) is 0 Å². The molecule has 5 nitrogen and oxygen atoms in total. The van der Waals surface area contributed by atoms with Crippen LogP contribution >= 0.6 is 0 Å². The van der Waals surface area contributed by atoms with E-state index in [1.165, 1.54) is 6.08 Å². The van der Waals surface area contributed by atoms with E-state index in [2.05, 4.69) is 11.9 Å². The van der Waals surface area contributed by atoms with Gasteiger partial charge in [-0.25, -0.2) is 9.59 Å². The van der Waals surface area contributed by atoms with Gasteiger partial charge in [-0.3, -0.25) is 0 Å². The van der Waals surface area contributed by atoms with Crippen molar-refractivity contribution in [2.24, 2.45) is 5.92 Å². The molecule has 0 fully saturated rings. The van der Waals surface area contributed by atoms with Crippen molar-refractivity contribution in [2.45, 2.75) is 19.6 Å². The smallest absolute Gasteiger partial charge is 0.408 e. The van der Waals surface area contributed by atoms with Crippen molar-refractivity contribution >= 4 is 12.1 Å². The summed E-state index contributed by atoms with van der Waals surface area (Å²) < 4.78 is 4.96. The van der Waals surface area contributed by atoms with Crippen LogP contribution in [-0.4, -0.2) is 23.2 Å². The Labute approximate surface area is 111 Å². The van der Waals surface area contributed by atoms with Crippen molar-refractivity contribution in [3.05, 3.63) is 48.6 Å². The van der Waals surface area contributed by atoms with Gasteiger partial charge in [-0.2, -0.15) is 0 Å². The summed E-state index contributed by atoms with van der Waals surface area (Å²) in [6.45, 7) is 5.26. The number of alkyl carbamates (subject to hydrolysis) is 1. The zero-order valence-corrected chi connectivity index (χ0v) is 10.7. The number of rotatable bonds is 6. The van der Waals surface area contributed by atoms with Gasteiger partial charge in [0.2, 0.25) is 0 Å². The number of carboxylic acid groups (broad SMARTS) is 1. The molecule has 1 aromatic rings. The molecule has 0 spiro atoms. The van der Waals surface area contributed by atoms with Gasteiger partial charge in [0.05, 0.1) is 0 Å². The molecule has 2 atom stereocenters. The third kappa shape index (κ3) is 4.83. The Morgan fingerprint density at radius 2 is 2.05 bits per heavy atom. The number of hydrogen-bond acceptors (Lipinski definition) is 3. The Bertz CT molecular complexity index is 444. The lowest BCUT2D eigenvalue weighted by Gasteiger charge is -2.18. The van der Waals surface area contributed by atoms with Gasteiger partial charge >= 0.3 is 12.1 Å². The minimum absolute atomic E-state index is 0.0987. The maximum atomic E-state index is 11.5. The molecule has 0 radical (unpaired) electrons. The van der Waals surface area contributed by atoms with E-state index in [1.54, 1.807) is 6.92 Å². The minimum Gasteiger partial charge on any atom is -0.480 e. The Kier molecular flexibility index (Phi) is 5.60. The van der Waals surface area contributed by atoms with E-state index in [1.807, 2.05) is 30.3 Å². The summed E-state index contributed by atoms with van der Waals surface area (Å²) in [5, 5.41) is 11.3. The zero-order chi connectivity index (χ0) is 14.3. The van der Waals surface area contributed by atoms with Gasteiger partial charge in [-0.15, -0.1) is 6.58 Å². The molecule has 0 saturated carbocycles. The molecule has 5 heteroatoms. The summed E-state index contributed by atoms with van der Waals surface area (Å²) >= 11 is 0. The van der Waals surface area contributed by atoms with Crippen molar-refractivity contribution < 1.29 is 19.4 Å². The van der Waals surface area contributed by atoms with Crippen molar-refractivity contribution in [3.63, 3.8) is 0 Å². The molecular weight excluding hydrogens is 246 g/mol. The van der Waals surface area contributed by atoms with Crippen LogP contribution < -0.4 is 5.32 Å². The second-order valence-corrected chi connectivity index (χ2v) is 4.12. The number of hydrogen-bond donors (Lipinski definition) is 2. The molecule has 1 amide bonds. The lowest BCUT2D eigenvalue weighted by Crippen LogP contribution is -2.44. The molecule has 1 aromatic carbocycles. The lowest BCUT2D eigenvalue weighted by molar-refractivity contribution is -0.140. The molecule has 0 aromatic heterocycles. The normalized spacial score (nSPS) is 13.1. The SMILES string of the molecule is C=C[C@@H](C)[C@@H](NC(=O)OCc1ccccc1)C(=O)O. The average Bonchev–Trinajstić information content (AvgIpc) is 2.42. The number of carbonyl (C=O) groups excluding carboxylic acids is 1. The maximum Gasteiger partial charge on any atom is 0.408 e. The Morgan fingerprint density at radius 3 is 2.58 bits per heavy atom. The fraction of sp³-hybridized carbons (Fsp3) is 0.286. The summed E-state index contributed by atoms with van der Waals surface area (Å²) in [7, 11) is 0. The first kappa shape index (κ1) is 14.8. The summed E-state index contributed by atoms with van der Waals surface area (Å²) in [6.07, 6.45) is 0.709. The van der Waals surface area contributed by atoms with Gasteiger partial charge in [-0.05, 0) is 5.56 Å². The number of aliphatic carboxylic acids is 1. The highest BCUT2D eigenvalue weighted by Gasteiger charge is 2.25. The molecule has 1 rings (SSSR count). The molecule has 0 unspecified atom stereocenters. The van der Waals surface area contributed by atoms with Gasteiger partial charge in [0.25, 0.3) is 0 Å². The van der Waals surface area contributed by atoms with Crippen LogP contribution in [0.3, 0.4) is 0 Å². The Morgan fingerprint density at radius 1 is 1.42 bits per heavy atom. The van der Waals surface area contributed by atoms with Crippen LogP contribution in [0.2, 0.25) is 0 Å². The first-order chi connectivity index (χ1) is 9.04. The van der Waals surface area contributed by atoms with E-state index >= 15 is 0 Å². The molecule has 102 valence electrons. The second-order valence-electron chi connectivity index (χ2n) is 4.12. The largest absolute Gasteiger partial charge is 0.480 e. The number of ether oxygens (including phenoxy) is 1. The minimum atomic E-state index is -1.12. The van der Waals surface area contributed by atoms with Crippen LogP contribution in [0.25, 0.3) is 0 Å². The van der Waals surface area contributed by atoms with Crippen LogP contribution in [0.5, 0.6) is 0 Å². The quantitative estimate of drug-likeness (QED) is 0.771. The van der Waals surface area contributed by atoms with Gasteiger partial charge in [0.1, 0.15) is 12.6 Å². The predicted molar refractivity (Wildman–Crippen MR) is 70.5 cm³/mol. The molecule has 0 heterocycles. The second kappa shape index (κ2) is 7.20. The van der Waals surface area contributed by atoms with Gasteiger partial charge in [0, 0.05) is 5.92 Å². The van der Waals surface area contributed by atoms with E-state index in [4.69, 9.17) is 9.84 Å². The number of benzene rings is 1. The molecule has 19 heavy (non-hydrogen) atoms. The van der Waals surface area contributed by atoms with Gasteiger partial charge < -0.3 is 15.2 Å². The molecule has 0 aliphatic carbocycles. The van der Waals surface area contributed by atoms with Crippen LogP contribution in [0.4, 0.5) is 4.79 Å². The first-order valence-corrected chi connectivity index (χ1v) is 5.87. The third-order valence-corrected chi connectivity index (χ3v) is 2.65. The number of amides is 1. The highest BCUT2D eigenvalue weighted by atomic mass is 16.5. The molecule has 2 N–H and O–H groups in total. The van der Waals surface area contributed by atoms with E-state index in [0.29, 0.717) is 0 Å². The summed E-state index contributed by atoms with van der Waals surface area (Å²) in [5.41, 5.74) is 0.835. The maximum absolute atomic E-state index is 11.5. The summed E-state index contributed by atoms with van der Waals surface area (Å²) in [4.78, 5) is 22.5. The fourth-order valence-corrected chi connectivity index (χ4v) is 1.45. The molecule has 0 bridgehead atoms. The number of carbonyl (C=O) groups is 2. The van der Waals surface area contributed by atoms with Crippen LogP contribution in [-0.2, 0) is 16.1 Å². The van der Waals surface area contributed by atoms with E-state index < -0.39 is 18.1 Å². The topological polar surface area (TPSA) is 75.6 Å². The van der Waals surface area contributed by atoms with E-state index in [0.717, 1.165) is 5.56 Å². The zero-order valence-electron chi connectivity index (χ0n) is 10.7. The standard InChI is InChI=1S/C14H17NO4/c1-3-10(2)12(13(16)17)15-14(18)19-9-11-7-5-4-6-8-11/h3-8,10,12H,1,9H2,2H3,(H,15,18)(H,16,17)/t10-,12-/m1/s1. The van der Waals surface area contributed by atoms with Gasteiger partial charge in [-0.1, -0.05) is 43.3 Å². The van der Waals surface area contributed by atoms with Crippen molar-refractivity contribution in [1.29, 1.82) is 0 Å². The Balaban J connectivity index is 2.49. The van der Waals surface area contributed by atoms with Crippen molar-refractivity contribution in [3.8, 4) is 0 Å². The first-order valence-electron chi connectivity index (χ1n) is 5.87. The summed E-state index contributed by atoms with van der Waals surface area (Å²) in [6, 6.07) is 8.10. The van der Waals surface area contributed by atoms with Crippen LogP contribution in [0, 0.1) is 5.92 Å². The monoisotopic (exact) mass is 263 g/mol. The lowest BCUT2D eigenvalue weighted by atomic mass is 10.0. The van der Waals surface area contributed by atoms with Crippen LogP contribution in [0.15, 0.2) is 43.0 Å². The highest BCUT2D eigenvalue weighted by Crippen LogP contribution is 2.06. The highest BCUT2D eigenvalue weighted by molar-refractivity contribution is 5.80. The predicted octanol–water partition coefficient (Wildman–Crippen LogP) is 2.19. The summed E-state index contributed by atoms with van der Waals surface area (Å²) in [5.74, 6) is -1.51. The number of nitrogens with one attached hydrogen (secondary N) is 1. The fourth-order valence-electron chi connectivity index (χ4n) is 1.45. The number of carboxylic acids is 1. The van der Waals surface area contributed by atoms with Gasteiger partial charge in [0.15, 0.2) is 0 Å². The molecule has 0 saturated heterocycles. The van der Waals surface area contributed by atoms with Crippen LogP contribution in [0.1, 0.15) is 12.5 Å². The van der Waals surface area contributed by atoms with E-state index in [-0.39, 0.29) is 12.5 Å². The Hall–Kier alpha value is -2.30. The van der Waals surface area contributed by atoms with Crippen molar-refractivity contribution in [1.82, 2.24) is 5.32 Å². The molecule has 0 aliphatic rings. The molecular formula is C14H17NO4. The third-order valence-electron chi connectivity index (χ3n) is 2.65.